The third kappa shape index (κ3) is 5.09. The minimum Gasteiger partial charge on any atom is -0.242 e. The highest BCUT2D eigenvalue weighted by Crippen LogP contribution is 2.30. The number of alkyl halides is 1. The highest BCUT2D eigenvalue weighted by atomic mass is 32.2. The van der Waals surface area contributed by atoms with Gasteiger partial charge in [-0.05, 0) is 38.3 Å². The maximum Gasteiger partial charge on any atom is 0.221 e. The molecule has 4 nitrogen and oxygen atoms in total. The number of hydrogen-bond acceptors (Lipinski definition) is 3. The molecule has 132 valence electrons. The van der Waals surface area contributed by atoms with Gasteiger partial charge in [0.2, 0.25) is 15.3 Å². The van der Waals surface area contributed by atoms with E-state index in [0.717, 1.165) is 0 Å². The highest BCUT2D eigenvalue weighted by Gasteiger charge is 2.43. The molecule has 3 atom stereocenters. The fourth-order valence-corrected chi connectivity index (χ4v) is 4.61. The topological polar surface area (TPSA) is 63.2 Å². The first-order valence-corrected chi connectivity index (χ1v) is 10.1. The van der Waals surface area contributed by atoms with Gasteiger partial charge in [-0.25, -0.2) is 21.7 Å². The molecule has 0 bridgehead atoms. The molecule has 0 spiro atoms. The van der Waals surface area contributed by atoms with Crippen LogP contribution >= 0.6 is 0 Å². The average Bonchev–Trinajstić information content (AvgIpc) is 2.42. The molecule has 1 aromatic rings. The van der Waals surface area contributed by atoms with Gasteiger partial charge in [0.1, 0.15) is 0 Å². The standard InChI is InChI=1S/C16H26FNO3S2/c1-15(2,3)13(18-22(19)16(4,5)6)14(17)23(20,21)12-10-8-7-9-11-12/h7-11,13-14,18H,1-6H3/t13-,14?,22+/m0/s1. The molecule has 7 heteroatoms. The van der Waals surface area contributed by atoms with Crippen molar-refractivity contribution < 1.29 is 17.0 Å². The van der Waals surface area contributed by atoms with Gasteiger partial charge in [0, 0.05) is 0 Å². The molecule has 0 saturated heterocycles. The summed E-state index contributed by atoms with van der Waals surface area (Å²) < 4.78 is 54.5. The lowest BCUT2D eigenvalue weighted by Gasteiger charge is -2.35. The third-order valence-corrected chi connectivity index (χ3v) is 6.73. The summed E-state index contributed by atoms with van der Waals surface area (Å²) in [5, 5.41) is 0. The lowest BCUT2D eigenvalue weighted by molar-refractivity contribution is 0.218. The molecular weight excluding hydrogens is 337 g/mol. The van der Waals surface area contributed by atoms with Gasteiger partial charge in [0.05, 0.1) is 26.7 Å². The summed E-state index contributed by atoms with van der Waals surface area (Å²) in [7, 11) is -5.76. The second-order valence-corrected chi connectivity index (χ2v) is 11.6. The molecule has 0 saturated carbocycles. The highest BCUT2D eigenvalue weighted by molar-refractivity contribution is 7.92. The predicted molar refractivity (Wildman–Crippen MR) is 92.8 cm³/mol. The lowest BCUT2D eigenvalue weighted by Crippen LogP contribution is -2.53. The Hall–Kier alpha value is -0.790. The van der Waals surface area contributed by atoms with Crippen molar-refractivity contribution in [3.8, 4) is 0 Å². The summed E-state index contributed by atoms with van der Waals surface area (Å²) in [6.07, 6.45) is 0. The van der Waals surface area contributed by atoms with Crippen LogP contribution in [0.2, 0.25) is 0 Å². The van der Waals surface area contributed by atoms with Crippen LogP contribution in [0, 0.1) is 5.41 Å². The fourth-order valence-electron chi connectivity index (χ4n) is 1.83. The van der Waals surface area contributed by atoms with Gasteiger partial charge in [-0.1, -0.05) is 39.0 Å². The van der Waals surface area contributed by atoms with E-state index in [2.05, 4.69) is 4.72 Å². The van der Waals surface area contributed by atoms with Crippen molar-refractivity contribution in [2.24, 2.45) is 5.41 Å². The van der Waals surface area contributed by atoms with E-state index in [-0.39, 0.29) is 4.90 Å². The number of hydrogen-bond donors (Lipinski definition) is 1. The van der Waals surface area contributed by atoms with Crippen LogP contribution in [0.4, 0.5) is 4.39 Å². The Bertz CT molecular complexity index is 646. The fraction of sp³-hybridized carbons (Fsp3) is 0.625. The van der Waals surface area contributed by atoms with Gasteiger partial charge in [0.25, 0.3) is 0 Å². The summed E-state index contributed by atoms with van der Waals surface area (Å²) in [6, 6.07) is 6.39. The van der Waals surface area contributed by atoms with Crippen molar-refractivity contribution in [2.75, 3.05) is 0 Å². The summed E-state index contributed by atoms with van der Waals surface area (Å²) in [4.78, 5) is -0.0786. The Morgan fingerprint density at radius 2 is 1.52 bits per heavy atom. The maximum absolute atomic E-state index is 15.0. The Kier molecular flexibility index (Phi) is 6.15. The number of sulfone groups is 1. The maximum atomic E-state index is 15.0. The van der Waals surface area contributed by atoms with Gasteiger partial charge < -0.3 is 0 Å². The van der Waals surface area contributed by atoms with E-state index >= 15 is 0 Å². The van der Waals surface area contributed by atoms with Gasteiger partial charge >= 0.3 is 0 Å². The normalized spacial score (nSPS) is 17.5. The zero-order valence-electron chi connectivity index (χ0n) is 14.5. The summed E-state index contributed by atoms with van der Waals surface area (Å²) in [5.41, 5.74) is -2.93. The van der Waals surface area contributed by atoms with E-state index in [1.807, 2.05) is 0 Å². The van der Waals surface area contributed by atoms with Crippen LogP contribution in [0.15, 0.2) is 35.2 Å². The van der Waals surface area contributed by atoms with Gasteiger partial charge in [-0.2, -0.15) is 0 Å². The van der Waals surface area contributed by atoms with E-state index in [0.29, 0.717) is 0 Å². The largest absolute Gasteiger partial charge is 0.242 e. The lowest BCUT2D eigenvalue weighted by atomic mass is 9.88. The first-order valence-electron chi connectivity index (χ1n) is 7.39. The summed E-state index contributed by atoms with van der Waals surface area (Å²) in [6.45, 7) is 10.4. The van der Waals surface area contributed by atoms with E-state index in [1.165, 1.54) is 12.1 Å². The predicted octanol–water partition coefficient (Wildman–Crippen LogP) is 3.22. The molecule has 0 aliphatic carbocycles. The molecule has 1 rings (SSSR count). The first-order chi connectivity index (χ1) is 10.3. The molecular formula is C16H26FNO3S2. The second kappa shape index (κ2) is 6.99. The SMILES string of the molecule is CC(C)(C)[C@@H](N[S@](=O)C(C)(C)C)C(F)S(=O)(=O)c1ccccc1. The number of benzene rings is 1. The van der Waals surface area contributed by atoms with E-state index in [9.17, 15) is 17.0 Å². The molecule has 0 aliphatic heterocycles. The third-order valence-electron chi connectivity index (χ3n) is 3.35. The van der Waals surface area contributed by atoms with Crippen molar-refractivity contribution in [3.63, 3.8) is 0 Å². The molecule has 1 aromatic carbocycles. The monoisotopic (exact) mass is 363 g/mol. The van der Waals surface area contributed by atoms with Crippen molar-refractivity contribution in [1.82, 2.24) is 4.72 Å². The Morgan fingerprint density at radius 1 is 1.04 bits per heavy atom. The summed E-state index contributed by atoms with van der Waals surface area (Å²) >= 11 is 0. The Balaban J connectivity index is 3.21. The second-order valence-electron chi connectivity index (χ2n) is 7.55. The van der Waals surface area contributed by atoms with Crippen LogP contribution in [0.5, 0.6) is 0 Å². The van der Waals surface area contributed by atoms with Gasteiger partial charge in [0.15, 0.2) is 0 Å². The first kappa shape index (κ1) is 20.3. The van der Waals surface area contributed by atoms with Crippen LogP contribution in [0.25, 0.3) is 0 Å². The summed E-state index contributed by atoms with van der Waals surface area (Å²) in [5.74, 6) is 0. The molecule has 0 aliphatic rings. The number of nitrogens with one attached hydrogen (secondary N) is 1. The van der Waals surface area contributed by atoms with Crippen LogP contribution in [0.3, 0.4) is 0 Å². The minimum absolute atomic E-state index is 0.0786. The van der Waals surface area contributed by atoms with Gasteiger partial charge in [-0.15, -0.1) is 0 Å². The molecule has 0 amide bonds. The quantitative estimate of drug-likeness (QED) is 0.874. The van der Waals surface area contributed by atoms with Crippen LogP contribution in [-0.2, 0) is 20.8 Å². The molecule has 1 unspecified atom stereocenters. The molecule has 1 N–H and O–H groups in total. The Morgan fingerprint density at radius 3 is 1.91 bits per heavy atom. The van der Waals surface area contributed by atoms with Crippen molar-refractivity contribution >= 4 is 20.8 Å². The Labute approximate surface area is 141 Å². The molecule has 0 aromatic heterocycles. The van der Waals surface area contributed by atoms with Crippen LogP contribution in [-0.4, -0.2) is 28.9 Å². The zero-order valence-corrected chi connectivity index (χ0v) is 16.1. The number of halogens is 1. The van der Waals surface area contributed by atoms with Gasteiger partial charge in [-0.3, -0.25) is 0 Å². The smallest absolute Gasteiger partial charge is 0.221 e. The zero-order chi connectivity index (χ0) is 18.1. The van der Waals surface area contributed by atoms with E-state index in [4.69, 9.17) is 0 Å². The molecule has 0 fully saturated rings. The van der Waals surface area contributed by atoms with Crippen LogP contribution in [0.1, 0.15) is 41.5 Å². The van der Waals surface area contributed by atoms with Crippen LogP contribution < -0.4 is 4.72 Å². The minimum atomic E-state index is -4.18. The van der Waals surface area contributed by atoms with Crippen molar-refractivity contribution in [1.29, 1.82) is 0 Å². The van der Waals surface area contributed by atoms with E-state index in [1.54, 1.807) is 59.7 Å². The molecule has 0 radical (unpaired) electrons. The van der Waals surface area contributed by atoms with Crippen molar-refractivity contribution in [3.05, 3.63) is 30.3 Å². The average molecular weight is 364 g/mol. The molecule has 23 heavy (non-hydrogen) atoms. The number of rotatable bonds is 5. The van der Waals surface area contributed by atoms with E-state index < -0.39 is 42.5 Å². The molecule has 0 heterocycles. The van der Waals surface area contributed by atoms with Crippen molar-refractivity contribution in [2.45, 2.75) is 62.7 Å².